The normalized spacial score (nSPS) is 20.0. The number of rotatable bonds is 3. The van der Waals surface area contributed by atoms with Crippen molar-refractivity contribution in [2.24, 2.45) is 0 Å². The fourth-order valence-electron chi connectivity index (χ4n) is 2.79. The number of piperidine rings is 1. The van der Waals surface area contributed by atoms with Crippen molar-refractivity contribution in [1.29, 1.82) is 0 Å². The van der Waals surface area contributed by atoms with Gasteiger partial charge in [-0.1, -0.05) is 30.3 Å². The van der Waals surface area contributed by atoms with Crippen LogP contribution in [0, 0.1) is 0 Å². The Morgan fingerprint density at radius 3 is 2.55 bits per heavy atom. The smallest absolute Gasteiger partial charge is 0.211 e. The van der Waals surface area contributed by atoms with Gasteiger partial charge < -0.3 is 0 Å². The largest absolute Gasteiger partial charge is 0.257 e. The van der Waals surface area contributed by atoms with Crippen LogP contribution in [0.2, 0.25) is 0 Å². The molecule has 1 aliphatic rings. The lowest BCUT2D eigenvalue weighted by Crippen LogP contribution is -2.38. The third kappa shape index (κ3) is 3.34. The van der Waals surface area contributed by atoms with Crippen LogP contribution in [0.4, 0.5) is 0 Å². The first-order valence-electron chi connectivity index (χ1n) is 7.36. The Morgan fingerprint density at radius 1 is 1.14 bits per heavy atom. The summed E-state index contributed by atoms with van der Waals surface area (Å²) in [4.78, 5) is 8.99. The summed E-state index contributed by atoms with van der Waals surface area (Å²) in [5.41, 5.74) is 2.73. The van der Waals surface area contributed by atoms with Crippen LogP contribution in [0.15, 0.2) is 42.7 Å². The Labute approximate surface area is 131 Å². The molecular formula is C16H19N3O2S. The molecule has 1 saturated heterocycles. The lowest BCUT2D eigenvalue weighted by molar-refractivity contribution is 0.314. The molecule has 2 aromatic rings. The summed E-state index contributed by atoms with van der Waals surface area (Å²) in [6, 6.07) is 9.89. The standard InChI is InChI=1S/C16H19N3O2S/c1-22(20,21)19-9-5-8-14(12-19)16-11-17-15(10-18-16)13-6-3-2-4-7-13/h2-4,6-7,10-11,14H,5,8-9,12H2,1H3. The van der Waals surface area contributed by atoms with Crippen LogP contribution in [-0.2, 0) is 10.0 Å². The van der Waals surface area contributed by atoms with Crippen molar-refractivity contribution in [3.05, 3.63) is 48.4 Å². The van der Waals surface area contributed by atoms with Gasteiger partial charge in [0.2, 0.25) is 10.0 Å². The van der Waals surface area contributed by atoms with E-state index in [1.165, 1.54) is 10.6 Å². The predicted molar refractivity (Wildman–Crippen MR) is 85.9 cm³/mol. The Hall–Kier alpha value is -1.79. The third-order valence-electron chi connectivity index (χ3n) is 4.01. The molecule has 22 heavy (non-hydrogen) atoms. The van der Waals surface area contributed by atoms with Gasteiger partial charge in [0.05, 0.1) is 23.8 Å². The lowest BCUT2D eigenvalue weighted by atomic mass is 9.96. The molecule has 0 spiro atoms. The van der Waals surface area contributed by atoms with E-state index >= 15 is 0 Å². The first kappa shape index (κ1) is 15.1. The molecule has 1 aromatic carbocycles. The quantitative estimate of drug-likeness (QED) is 0.871. The van der Waals surface area contributed by atoms with Crippen molar-refractivity contribution in [2.45, 2.75) is 18.8 Å². The predicted octanol–water partition coefficient (Wildman–Crippen LogP) is 2.28. The van der Waals surface area contributed by atoms with Crippen LogP contribution >= 0.6 is 0 Å². The van der Waals surface area contributed by atoms with E-state index in [1.807, 2.05) is 30.3 Å². The van der Waals surface area contributed by atoms with Crippen molar-refractivity contribution in [3.8, 4) is 11.3 Å². The van der Waals surface area contributed by atoms with E-state index in [2.05, 4.69) is 9.97 Å². The lowest BCUT2D eigenvalue weighted by Gasteiger charge is -2.30. The van der Waals surface area contributed by atoms with Crippen LogP contribution in [0.3, 0.4) is 0 Å². The van der Waals surface area contributed by atoms with Crippen LogP contribution in [-0.4, -0.2) is 42.0 Å². The van der Waals surface area contributed by atoms with Gasteiger partial charge in [-0.25, -0.2) is 12.7 Å². The molecule has 0 amide bonds. The molecule has 0 radical (unpaired) electrons. The molecule has 5 nitrogen and oxygen atoms in total. The summed E-state index contributed by atoms with van der Waals surface area (Å²) in [6.45, 7) is 1.10. The number of nitrogens with zero attached hydrogens (tertiary/aromatic N) is 3. The summed E-state index contributed by atoms with van der Waals surface area (Å²) in [7, 11) is -3.13. The molecule has 1 fully saturated rings. The van der Waals surface area contributed by atoms with E-state index in [1.54, 1.807) is 12.4 Å². The topological polar surface area (TPSA) is 63.2 Å². The minimum atomic E-state index is -3.13. The van der Waals surface area contributed by atoms with Crippen LogP contribution < -0.4 is 0 Å². The Bertz CT molecular complexity index is 730. The summed E-state index contributed by atoms with van der Waals surface area (Å²) >= 11 is 0. The number of aromatic nitrogens is 2. The summed E-state index contributed by atoms with van der Waals surface area (Å²) in [5, 5.41) is 0. The van der Waals surface area contributed by atoms with E-state index in [0.29, 0.717) is 13.1 Å². The van der Waals surface area contributed by atoms with Crippen LogP contribution in [0.25, 0.3) is 11.3 Å². The highest BCUT2D eigenvalue weighted by atomic mass is 32.2. The average molecular weight is 317 g/mol. The highest BCUT2D eigenvalue weighted by molar-refractivity contribution is 7.88. The number of benzene rings is 1. The van der Waals surface area contributed by atoms with Gasteiger partial charge in [0.15, 0.2) is 0 Å². The van der Waals surface area contributed by atoms with Crippen molar-refractivity contribution in [1.82, 2.24) is 14.3 Å². The van der Waals surface area contributed by atoms with E-state index < -0.39 is 10.0 Å². The number of sulfonamides is 1. The summed E-state index contributed by atoms with van der Waals surface area (Å²) in [5.74, 6) is 0.126. The second kappa shape index (κ2) is 6.14. The maximum Gasteiger partial charge on any atom is 0.211 e. The molecule has 1 aliphatic heterocycles. The first-order chi connectivity index (χ1) is 10.5. The van der Waals surface area contributed by atoms with E-state index in [4.69, 9.17) is 0 Å². The Balaban J connectivity index is 1.78. The van der Waals surface area contributed by atoms with Crippen molar-refractivity contribution in [2.75, 3.05) is 19.3 Å². The zero-order chi connectivity index (χ0) is 15.6. The molecule has 0 saturated carbocycles. The van der Waals surface area contributed by atoms with Gasteiger partial charge in [-0.3, -0.25) is 9.97 Å². The van der Waals surface area contributed by atoms with Gasteiger partial charge >= 0.3 is 0 Å². The fourth-order valence-corrected chi connectivity index (χ4v) is 3.70. The first-order valence-corrected chi connectivity index (χ1v) is 9.21. The molecular weight excluding hydrogens is 298 g/mol. The minimum Gasteiger partial charge on any atom is -0.257 e. The van der Waals surface area contributed by atoms with Gasteiger partial charge in [0.25, 0.3) is 0 Å². The summed E-state index contributed by atoms with van der Waals surface area (Å²) in [6.07, 6.45) is 6.62. The van der Waals surface area contributed by atoms with Crippen molar-refractivity contribution >= 4 is 10.0 Å². The second-order valence-electron chi connectivity index (χ2n) is 5.65. The molecule has 1 unspecified atom stereocenters. The second-order valence-corrected chi connectivity index (χ2v) is 7.64. The van der Waals surface area contributed by atoms with E-state index in [0.717, 1.165) is 29.8 Å². The molecule has 0 bridgehead atoms. The Kier molecular flexibility index (Phi) is 4.22. The number of hydrogen-bond acceptors (Lipinski definition) is 4. The molecule has 1 aromatic heterocycles. The Morgan fingerprint density at radius 2 is 1.91 bits per heavy atom. The molecule has 1 atom stereocenters. The van der Waals surface area contributed by atoms with Gasteiger partial charge in [0, 0.05) is 30.8 Å². The van der Waals surface area contributed by atoms with E-state index in [9.17, 15) is 8.42 Å². The molecule has 6 heteroatoms. The highest BCUT2D eigenvalue weighted by Gasteiger charge is 2.27. The van der Waals surface area contributed by atoms with Gasteiger partial charge in [-0.2, -0.15) is 0 Å². The van der Waals surface area contributed by atoms with Crippen molar-refractivity contribution < 1.29 is 8.42 Å². The maximum absolute atomic E-state index is 11.7. The zero-order valence-electron chi connectivity index (χ0n) is 12.5. The number of hydrogen-bond donors (Lipinski definition) is 0. The molecule has 3 rings (SSSR count). The molecule has 0 N–H and O–H groups in total. The molecule has 0 aliphatic carbocycles. The minimum absolute atomic E-state index is 0.126. The van der Waals surface area contributed by atoms with Crippen LogP contribution in [0.5, 0.6) is 0 Å². The highest BCUT2D eigenvalue weighted by Crippen LogP contribution is 2.27. The average Bonchev–Trinajstić information content (AvgIpc) is 2.55. The molecule has 2 heterocycles. The monoisotopic (exact) mass is 317 g/mol. The fraction of sp³-hybridized carbons (Fsp3) is 0.375. The van der Waals surface area contributed by atoms with Crippen LogP contribution in [0.1, 0.15) is 24.5 Å². The SMILES string of the molecule is CS(=O)(=O)N1CCCC(c2cnc(-c3ccccc3)cn2)C1. The van der Waals surface area contributed by atoms with Gasteiger partial charge in [0.1, 0.15) is 0 Å². The maximum atomic E-state index is 11.7. The summed E-state index contributed by atoms with van der Waals surface area (Å²) < 4.78 is 24.9. The van der Waals surface area contributed by atoms with Gasteiger partial charge in [-0.15, -0.1) is 0 Å². The van der Waals surface area contributed by atoms with Crippen molar-refractivity contribution in [3.63, 3.8) is 0 Å². The molecule has 116 valence electrons. The third-order valence-corrected chi connectivity index (χ3v) is 5.28. The van der Waals surface area contributed by atoms with Gasteiger partial charge in [-0.05, 0) is 12.8 Å². The van der Waals surface area contributed by atoms with E-state index in [-0.39, 0.29) is 5.92 Å². The zero-order valence-corrected chi connectivity index (χ0v) is 13.3.